The summed E-state index contributed by atoms with van der Waals surface area (Å²) in [5, 5.41) is 11.7. The summed E-state index contributed by atoms with van der Waals surface area (Å²) in [4.78, 5) is 30.8. The number of ether oxygens (including phenoxy) is 2. The molecule has 3 amide bonds. The third-order valence-corrected chi connectivity index (χ3v) is 7.63. The summed E-state index contributed by atoms with van der Waals surface area (Å²) < 4.78 is 11.7. The Kier molecular flexibility index (Phi) is 7.42. The summed E-state index contributed by atoms with van der Waals surface area (Å²) in [6, 6.07) is 18.1. The van der Waals surface area contributed by atoms with Gasteiger partial charge in [0, 0.05) is 24.8 Å². The highest BCUT2D eigenvalue weighted by atomic mass is 35.5. The van der Waals surface area contributed by atoms with E-state index in [-0.39, 0.29) is 37.6 Å². The first-order valence-corrected chi connectivity index (χ1v) is 13.6. The van der Waals surface area contributed by atoms with Crippen molar-refractivity contribution in [3.8, 4) is 11.5 Å². The van der Waals surface area contributed by atoms with E-state index >= 15 is 0 Å². The Labute approximate surface area is 239 Å². The predicted octanol–water partition coefficient (Wildman–Crippen LogP) is 5.00. The average molecular weight is 564 g/mol. The molecule has 0 radical (unpaired) electrons. The van der Waals surface area contributed by atoms with Crippen LogP contribution in [0.1, 0.15) is 42.1 Å². The molecule has 8 nitrogen and oxygen atoms in total. The summed E-state index contributed by atoms with van der Waals surface area (Å²) in [6.07, 6.45) is 0.140. The molecule has 0 unspecified atom stereocenters. The highest BCUT2D eigenvalue weighted by Gasteiger charge is 2.45. The molecular weight excluding hydrogens is 530 g/mol. The third kappa shape index (κ3) is 5.09. The number of hydrogen-bond acceptors (Lipinski definition) is 5. The van der Waals surface area contributed by atoms with Gasteiger partial charge in [0.2, 0.25) is 5.91 Å². The molecule has 2 aliphatic heterocycles. The van der Waals surface area contributed by atoms with Gasteiger partial charge >= 0.3 is 6.03 Å². The average Bonchev–Trinajstić information content (AvgIpc) is 2.90. The van der Waals surface area contributed by atoms with E-state index in [0.717, 1.165) is 16.7 Å². The lowest BCUT2D eigenvalue weighted by molar-refractivity contribution is -0.118. The van der Waals surface area contributed by atoms with Gasteiger partial charge in [-0.1, -0.05) is 35.9 Å². The number of hydrogen-bond donors (Lipinski definition) is 1. The minimum absolute atomic E-state index is 0.0592. The quantitative estimate of drug-likeness (QED) is 0.456. The van der Waals surface area contributed by atoms with Gasteiger partial charge in [0.25, 0.3) is 0 Å². The number of likely N-dealkylation sites (tertiary alicyclic amines) is 1. The standard InChI is InChI=1S/C31H34ClN3O5/c1-19(2)40-27-16-25-21(14-26(27)39-5)15-28(36)35(29(25)20-6-10-23(32)11-7-20)24-12-8-22(9-13-24)31(38)17-34(18-31)30(37)33(3)4/h6-14,16,19,29,38H,15,17-18H2,1-5H3/t29-/m0/s1. The molecule has 0 bridgehead atoms. The van der Waals surface area contributed by atoms with Crippen molar-refractivity contribution in [2.75, 3.05) is 39.2 Å². The van der Waals surface area contributed by atoms with E-state index in [2.05, 4.69) is 0 Å². The van der Waals surface area contributed by atoms with E-state index in [4.69, 9.17) is 21.1 Å². The lowest BCUT2D eigenvalue weighted by Crippen LogP contribution is -2.63. The number of carbonyl (C=O) groups is 2. The van der Waals surface area contributed by atoms with Crippen LogP contribution in [0.25, 0.3) is 0 Å². The molecular formula is C31H34ClN3O5. The Morgan fingerprint density at radius 2 is 1.70 bits per heavy atom. The second kappa shape index (κ2) is 10.7. The predicted molar refractivity (Wildman–Crippen MR) is 154 cm³/mol. The SMILES string of the molecule is COc1cc2c(cc1OC(C)C)[C@H](c1ccc(Cl)cc1)N(c1ccc(C3(O)CN(C(=O)N(C)C)C3)cc1)C(=O)C2. The van der Waals surface area contributed by atoms with Crippen LogP contribution in [0.3, 0.4) is 0 Å². The van der Waals surface area contributed by atoms with Gasteiger partial charge in [-0.25, -0.2) is 4.79 Å². The van der Waals surface area contributed by atoms with Crippen LogP contribution in [0.2, 0.25) is 5.02 Å². The Balaban J connectivity index is 1.53. The molecule has 2 heterocycles. The van der Waals surface area contributed by atoms with E-state index in [9.17, 15) is 14.7 Å². The van der Waals surface area contributed by atoms with Gasteiger partial charge in [-0.05, 0) is 72.5 Å². The molecule has 0 aliphatic carbocycles. The number of rotatable bonds is 6. The maximum Gasteiger partial charge on any atom is 0.319 e. The first kappa shape index (κ1) is 27.8. The molecule has 1 N–H and O–H groups in total. The number of benzene rings is 3. The van der Waals surface area contributed by atoms with Crippen molar-refractivity contribution in [2.45, 2.75) is 38.0 Å². The second-order valence-corrected chi connectivity index (χ2v) is 11.3. The molecule has 9 heteroatoms. The highest BCUT2D eigenvalue weighted by Crippen LogP contribution is 2.44. The smallest absolute Gasteiger partial charge is 0.319 e. The molecule has 0 spiro atoms. The largest absolute Gasteiger partial charge is 0.493 e. The van der Waals surface area contributed by atoms with Gasteiger partial charge in [-0.15, -0.1) is 0 Å². The minimum Gasteiger partial charge on any atom is -0.493 e. The number of methoxy groups -OCH3 is 1. The first-order chi connectivity index (χ1) is 19.0. The number of halogens is 1. The zero-order valence-electron chi connectivity index (χ0n) is 23.3. The Morgan fingerprint density at radius 3 is 2.27 bits per heavy atom. The fourth-order valence-corrected chi connectivity index (χ4v) is 5.57. The van der Waals surface area contributed by atoms with Gasteiger partial charge in [-0.2, -0.15) is 0 Å². The fourth-order valence-electron chi connectivity index (χ4n) is 5.45. The van der Waals surface area contributed by atoms with Crippen molar-refractivity contribution in [2.24, 2.45) is 0 Å². The molecule has 1 fully saturated rings. The summed E-state index contributed by atoms with van der Waals surface area (Å²) in [5.74, 6) is 1.14. The van der Waals surface area contributed by atoms with Crippen LogP contribution in [0, 0.1) is 0 Å². The van der Waals surface area contributed by atoms with E-state index in [1.807, 2.05) is 74.5 Å². The number of nitrogens with zero attached hydrogens (tertiary/aromatic N) is 3. The number of aliphatic hydroxyl groups is 1. The fraction of sp³-hybridized carbons (Fsp3) is 0.355. The molecule has 5 rings (SSSR count). The van der Waals surface area contributed by atoms with Gasteiger partial charge in [0.05, 0.1) is 38.8 Å². The van der Waals surface area contributed by atoms with Crippen molar-refractivity contribution < 1.29 is 24.2 Å². The Bertz CT molecular complexity index is 1420. The zero-order chi connectivity index (χ0) is 28.8. The first-order valence-electron chi connectivity index (χ1n) is 13.2. The lowest BCUT2D eigenvalue weighted by Gasteiger charge is -2.47. The summed E-state index contributed by atoms with van der Waals surface area (Å²) in [6.45, 7) is 4.34. The summed E-state index contributed by atoms with van der Waals surface area (Å²) in [5.41, 5.74) is 2.99. The molecule has 2 aliphatic rings. The zero-order valence-corrected chi connectivity index (χ0v) is 24.1. The molecule has 1 saturated heterocycles. The number of amides is 3. The maximum absolute atomic E-state index is 13.7. The third-order valence-electron chi connectivity index (χ3n) is 7.38. The number of anilines is 1. The molecule has 0 saturated carbocycles. The molecule has 1 atom stereocenters. The topological polar surface area (TPSA) is 82.6 Å². The molecule has 0 aromatic heterocycles. The summed E-state index contributed by atoms with van der Waals surface area (Å²) >= 11 is 6.21. The number of urea groups is 1. The number of fused-ring (bicyclic) bond motifs is 1. The van der Waals surface area contributed by atoms with Crippen LogP contribution in [0.4, 0.5) is 10.5 Å². The molecule has 3 aromatic rings. The number of β-amino-alcohol motifs (C(OH)–C–C–N with tert-alkyl or cyclic N) is 1. The van der Waals surface area contributed by atoms with Crippen molar-refractivity contribution >= 4 is 29.2 Å². The Morgan fingerprint density at radius 1 is 1.05 bits per heavy atom. The van der Waals surface area contributed by atoms with Gasteiger partial charge in [0.15, 0.2) is 11.5 Å². The van der Waals surface area contributed by atoms with Gasteiger partial charge < -0.3 is 29.3 Å². The van der Waals surface area contributed by atoms with Crippen LogP contribution in [-0.2, 0) is 16.8 Å². The minimum atomic E-state index is -1.13. The van der Waals surface area contributed by atoms with E-state index < -0.39 is 11.6 Å². The van der Waals surface area contributed by atoms with E-state index in [1.165, 1.54) is 4.90 Å². The molecule has 210 valence electrons. The van der Waals surface area contributed by atoms with Gasteiger partial charge in [0.1, 0.15) is 5.60 Å². The van der Waals surface area contributed by atoms with Crippen molar-refractivity contribution in [1.82, 2.24) is 9.80 Å². The van der Waals surface area contributed by atoms with Crippen LogP contribution in [0.15, 0.2) is 60.7 Å². The van der Waals surface area contributed by atoms with Gasteiger partial charge in [-0.3, -0.25) is 4.79 Å². The van der Waals surface area contributed by atoms with Crippen molar-refractivity contribution in [3.05, 3.63) is 87.9 Å². The summed E-state index contributed by atoms with van der Waals surface area (Å²) in [7, 11) is 4.97. The van der Waals surface area contributed by atoms with Crippen LogP contribution < -0.4 is 14.4 Å². The number of carbonyl (C=O) groups excluding carboxylic acids is 2. The second-order valence-electron chi connectivity index (χ2n) is 10.9. The van der Waals surface area contributed by atoms with Crippen LogP contribution in [-0.4, -0.2) is 67.2 Å². The lowest BCUT2D eigenvalue weighted by atomic mass is 9.85. The monoisotopic (exact) mass is 563 g/mol. The van der Waals surface area contributed by atoms with E-state index in [0.29, 0.717) is 27.8 Å². The Hall–Kier alpha value is -3.75. The molecule has 40 heavy (non-hydrogen) atoms. The normalized spacial score (nSPS) is 17.8. The highest BCUT2D eigenvalue weighted by molar-refractivity contribution is 6.30. The molecule has 3 aromatic carbocycles. The van der Waals surface area contributed by atoms with E-state index in [1.54, 1.807) is 31.0 Å². The maximum atomic E-state index is 13.7. The van der Waals surface area contributed by atoms with Crippen LogP contribution in [0.5, 0.6) is 11.5 Å². The van der Waals surface area contributed by atoms with Crippen LogP contribution >= 0.6 is 11.6 Å². The van der Waals surface area contributed by atoms with Crippen molar-refractivity contribution in [3.63, 3.8) is 0 Å². The van der Waals surface area contributed by atoms with Crippen molar-refractivity contribution in [1.29, 1.82) is 0 Å².